The van der Waals surface area contributed by atoms with Crippen LogP contribution in [0.15, 0.2) is 12.1 Å². The van der Waals surface area contributed by atoms with Crippen LogP contribution in [0.5, 0.6) is 0 Å². The summed E-state index contributed by atoms with van der Waals surface area (Å²) in [5.41, 5.74) is 0.328. The first-order chi connectivity index (χ1) is 8.63. The van der Waals surface area contributed by atoms with E-state index in [-0.39, 0.29) is 17.0 Å². The van der Waals surface area contributed by atoms with Gasteiger partial charge in [-0.2, -0.15) is 0 Å². The van der Waals surface area contributed by atoms with Crippen LogP contribution in [0.1, 0.15) is 24.9 Å². The zero-order valence-corrected chi connectivity index (χ0v) is 10.9. The van der Waals surface area contributed by atoms with E-state index in [9.17, 15) is 8.78 Å². The van der Waals surface area contributed by atoms with Crippen LogP contribution in [0.25, 0.3) is 0 Å². The van der Waals surface area contributed by atoms with E-state index in [0.29, 0.717) is 25.3 Å². The molecule has 0 radical (unpaired) electrons. The predicted octanol–water partition coefficient (Wildman–Crippen LogP) is 3.31. The van der Waals surface area contributed by atoms with Crippen LogP contribution in [-0.4, -0.2) is 19.8 Å². The van der Waals surface area contributed by atoms with Crippen molar-refractivity contribution in [2.24, 2.45) is 5.92 Å². The molecule has 2 atom stereocenters. The number of nitrogens with one attached hydrogen (secondary N) is 1. The van der Waals surface area contributed by atoms with Gasteiger partial charge in [-0.25, -0.2) is 8.78 Å². The third-order valence-corrected chi connectivity index (χ3v) is 3.52. The van der Waals surface area contributed by atoms with Crippen LogP contribution in [0, 0.1) is 17.6 Å². The van der Waals surface area contributed by atoms with Crippen molar-refractivity contribution in [2.45, 2.75) is 19.4 Å². The highest BCUT2D eigenvalue weighted by Crippen LogP contribution is 2.32. The Morgan fingerprint density at radius 2 is 2.22 bits per heavy atom. The molecule has 18 heavy (non-hydrogen) atoms. The highest BCUT2D eigenvalue weighted by Gasteiger charge is 2.29. The molecule has 1 saturated heterocycles. The maximum Gasteiger partial charge on any atom is 0.142 e. The molecule has 2 nitrogen and oxygen atoms in total. The summed E-state index contributed by atoms with van der Waals surface area (Å²) in [4.78, 5) is 0. The minimum absolute atomic E-state index is 0.167. The molecule has 0 saturated carbocycles. The van der Waals surface area contributed by atoms with E-state index in [4.69, 9.17) is 16.3 Å². The van der Waals surface area contributed by atoms with Crippen LogP contribution < -0.4 is 5.32 Å². The molecule has 1 aromatic carbocycles. The lowest BCUT2D eigenvalue weighted by Gasteiger charge is -2.24. The second kappa shape index (κ2) is 5.95. The van der Waals surface area contributed by atoms with Crippen LogP contribution in [0.2, 0.25) is 5.02 Å². The number of benzene rings is 1. The van der Waals surface area contributed by atoms with Crippen LogP contribution in [-0.2, 0) is 4.74 Å². The molecule has 2 unspecified atom stereocenters. The summed E-state index contributed by atoms with van der Waals surface area (Å²) in [6.45, 7) is 3.86. The normalized spacial score (nSPS) is 21.2. The molecule has 5 heteroatoms. The molecule has 1 heterocycles. The number of rotatable bonds is 4. The molecule has 1 aliphatic rings. The first-order valence-electron chi connectivity index (χ1n) is 6.09. The van der Waals surface area contributed by atoms with Crippen molar-refractivity contribution in [3.63, 3.8) is 0 Å². The lowest BCUT2D eigenvalue weighted by atomic mass is 9.92. The highest BCUT2D eigenvalue weighted by molar-refractivity contribution is 6.30. The molecule has 0 bridgehead atoms. The molecule has 1 N–H and O–H groups in total. The van der Waals surface area contributed by atoms with Gasteiger partial charge in [0.15, 0.2) is 0 Å². The van der Waals surface area contributed by atoms with E-state index in [1.54, 1.807) is 0 Å². The summed E-state index contributed by atoms with van der Waals surface area (Å²) >= 11 is 5.57. The molecular weight excluding hydrogens is 260 g/mol. The van der Waals surface area contributed by atoms with Crippen molar-refractivity contribution in [1.29, 1.82) is 0 Å². The molecule has 1 aliphatic heterocycles. The van der Waals surface area contributed by atoms with Gasteiger partial charge in [0.1, 0.15) is 11.6 Å². The van der Waals surface area contributed by atoms with Crippen molar-refractivity contribution >= 4 is 11.6 Å². The largest absolute Gasteiger partial charge is 0.381 e. The van der Waals surface area contributed by atoms with Gasteiger partial charge in [-0.05, 0) is 25.1 Å². The monoisotopic (exact) mass is 275 g/mol. The topological polar surface area (TPSA) is 21.3 Å². The lowest BCUT2D eigenvalue weighted by Crippen LogP contribution is -2.29. The first-order valence-corrected chi connectivity index (χ1v) is 6.46. The highest BCUT2D eigenvalue weighted by atomic mass is 35.5. The Morgan fingerprint density at radius 1 is 1.44 bits per heavy atom. The smallest absolute Gasteiger partial charge is 0.142 e. The predicted molar refractivity (Wildman–Crippen MR) is 66.7 cm³/mol. The SMILES string of the molecule is CCNC(c1cc(F)c(Cl)cc1F)C1CCOC1. The number of halogens is 3. The van der Waals surface area contributed by atoms with Crippen molar-refractivity contribution in [3.8, 4) is 0 Å². The first kappa shape index (κ1) is 13.7. The quantitative estimate of drug-likeness (QED) is 0.852. The van der Waals surface area contributed by atoms with Crippen LogP contribution in [0.3, 0.4) is 0 Å². The van der Waals surface area contributed by atoms with Crippen LogP contribution in [0.4, 0.5) is 8.78 Å². The summed E-state index contributed by atoms with van der Waals surface area (Å²) in [6.07, 6.45) is 0.849. The summed E-state index contributed by atoms with van der Waals surface area (Å²) in [6, 6.07) is 1.99. The molecule has 1 fully saturated rings. The van der Waals surface area contributed by atoms with Gasteiger partial charge in [-0.1, -0.05) is 18.5 Å². The average Bonchev–Trinajstić information content (AvgIpc) is 2.85. The molecule has 0 amide bonds. The number of hydrogen-bond donors (Lipinski definition) is 1. The minimum atomic E-state index is -0.588. The van der Waals surface area contributed by atoms with Gasteiger partial charge < -0.3 is 10.1 Å². The molecule has 1 aromatic rings. The van der Waals surface area contributed by atoms with Crippen molar-refractivity contribution in [3.05, 3.63) is 34.4 Å². The summed E-state index contributed by atoms with van der Waals surface area (Å²) in [5, 5.41) is 3.01. The molecular formula is C13H16ClF2NO. The Hall–Kier alpha value is -0.710. The average molecular weight is 276 g/mol. The van der Waals surface area contributed by atoms with E-state index in [1.807, 2.05) is 6.92 Å². The Morgan fingerprint density at radius 3 is 2.83 bits per heavy atom. The van der Waals surface area contributed by atoms with Gasteiger partial charge in [0.05, 0.1) is 11.6 Å². The van der Waals surface area contributed by atoms with Gasteiger partial charge in [0.2, 0.25) is 0 Å². The fourth-order valence-corrected chi connectivity index (χ4v) is 2.49. The van der Waals surface area contributed by atoms with Gasteiger partial charge in [-0.3, -0.25) is 0 Å². The second-order valence-corrected chi connectivity index (χ2v) is 4.85. The van der Waals surface area contributed by atoms with Crippen molar-refractivity contribution < 1.29 is 13.5 Å². The van der Waals surface area contributed by atoms with Crippen molar-refractivity contribution in [1.82, 2.24) is 5.32 Å². The van der Waals surface area contributed by atoms with Crippen LogP contribution >= 0.6 is 11.6 Å². The van der Waals surface area contributed by atoms with Crippen molar-refractivity contribution in [2.75, 3.05) is 19.8 Å². The fraction of sp³-hybridized carbons (Fsp3) is 0.538. The standard InChI is InChI=1S/C13H16ClF2NO/c1-2-17-13(8-3-4-18-7-8)9-5-12(16)10(14)6-11(9)15/h5-6,8,13,17H,2-4,7H2,1H3. The third kappa shape index (κ3) is 2.82. The Bertz CT molecular complexity index is 422. The molecule has 0 spiro atoms. The maximum absolute atomic E-state index is 13.9. The van der Waals surface area contributed by atoms with Gasteiger partial charge in [-0.15, -0.1) is 0 Å². The van der Waals surface area contributed by atoms with E-state index in [2.05, 4.69) is 5.32 Å². The fourth-order valence-electron chi connectivity index (χ4n) is 2.34. The molecule has 2 rings (SSSR count). The van der Waals surface area contributed by atoms with E-state index in [1.165, 1.54) is 6.07 Å². The second-order valence-electron chi connectivity index (χ2n) is 4.45. The zero-order valence-electron chi connectivity index (χ0n) is 10.2. The Labute approximate surface area is 110 Å². The zero-order chi connectivity index (χ0) is 13.1. The Balaban J connectivity index is 2.32. The van der Waals surface area contributed by atoms with E-state index in [0.717, 1.165) is 12.5 Å². The maximum atomic E-state index is 13.9. The van der Waals surface area contributed by atoms with E-state index < -0.39 is 11.6 Å². The summed E-state index contributed by atoms with van der Waals surface area (Å²) in [7, 11) is 0. The van der Waals surface area contributed by atoms with E-state index >= 15 is 0 Å². The minimum Gasteiger partial charge on any atom is -0.381 e. The van der Waals surface area contributed by atoms with Gasteiger partial charge in [0.25, 0.3) is 0 Å². The molecule has 0 aromatic heterocycles. The van der Waals surface area contributed by atoms with Gasteiger partial charge in [0, 0.05) is 24.1 Å². The number of hydrogen-bond acceptors (Lipinski definition) is 2. The Kier molecular flexibility index (Phi) is 4.54. The lowest BCUT2D eigenvalue weighted by molar-refractivity contribution is 0.176. The third-order valence-electron chi connectivity index (χ3n) is 3.24. The molecule has 100 valence electrons. The van der Waals surface area contributed by atoms with Gasteiger partial charge >= 0.3 is 0 Å². The molecule has 0 aliphatic carbocycles. The number of ether oxygens (including phenoxy) is 1. The summed E-state index contributed by atoms with van der Waals surface area (Å²) in [5.74, 6) is -0.894. The summed E-state index contributed by atoms with van der Waals surface area (Å²) < 4.78 is 32.7.